The molecule has 6 heteroatoms. The Morgan fingerprint density at radius 1 is 1.05 bits per heavy atom. The lowest BCUT2D eigenvalue weighted by molar-refractivity contribution is 0.0601. The summed E-state index contributed by atoms with van der Waals surface area (Å²) >= 11 is 0. The predicted molar refractivity (Wildman–Crippen MR) is 75.9 cm³/mol. The van der Waals surface area contributed by atoms with E-state index < -0.39 is 0 Å². The molecule has 0 spiro atoms. The van der Waals surface area contributed by atoms with Crippen LogP contribution in [0.2, 0.25) is 0 Å². The number of carbonyl (C=O) groups excluding carboxylic acids is 1. The second-order valence-corrected chi connectivity index (χ2v) is 4.31. The molecule has 1 aromatic heterocycles. The van der Waals surface area contributed by atoms with Crippen molar-refractivity contribution in [2.45, 2.75) is 0 Å². The summed E-state index contributed by atoms with van der Waals surface area (Å²) in [7, 11) is 1.35. The predicted octanol–water partition coefficient (Wildman–Crippen LogP) is 2.12. The van der Waals surface area contributed by atoms with Gasteiger partial charge in [0.2, 0.25) is 5.82 Å². The van der Waals surface area contributed by atoms with Crippen LogP contribution in [0.1, 0.15) is 10.4 Å². The Hall–Kier alpha value is -3.02. The Bertz CT molecular complexity index is 751. The largest absolute Gasteiger partial charge is 0.465 e. The summed E-state index contributed by atoms with van der Waals surface area (Å²) in [4.78, 5) is 12.8. The topological polar surface area (TPSA) is 69.9 Å². The van der Waals surface area contributed by atoms with Crippen LogP contribution in [0, 0.1) is 0 Å². The average molecular weight is 280 g/mol. The Balaban J connectivity index is 1.88. The van der Waals surface area contributed by atoms with Crippen molar-refractivity contribution >= 4 is 5.97 Å². The molecular formula is C15H12N4O2. The highest BCUT2D eigenvalue weighted by atomic mass is 16.5. The van der Waals surface area contributed by atoms with E-state index in [2.05, 4.69) is 20.1 Å². The second-order valence-electron chi connectivity index (χ2n) is 4.31. The number of para-hydroxylation sites is 1. The second kappa shape index (κ2) is 5.54. The molecule has 1 heterocycles. The number of carbonyl (C=O) groups is 1. The number of benzene rings is 2. The van der Waals surface area contributed by atoms with E-state index in [1.165, 1.54) is 11.9 Å². The molecule has 0 amide bonds. The molecule has 0 unspecified atom stereocenters. The molecule has 2 aromatic carbocycles. The Kier molecular flexibility index (Phi) is 3.42. The number of methoxy groups -OCH3 is 1. The summed E-state index contributed by atoms with van der Waals surface area (Å²) in [5.41, 5.74) is 2.10. The number of hydrogen-bond acceptors (Lipinski definition) is 5. The van der Waals surface area contributed by atoms with Crippen molar-refractivity contribution in [1.29, 1.82) is 0 Å². The lowest BCUT2D eigenvalue weighted by Crippen LogP contribution is -2.00. The maximum Gasteiger partial charge on any atom is 0.337 e. The molecule has 0 saturated heterocycles. The molecule has 0 N–H and O–H groups in total. The van der Waals surface area contributed by atoms with E-state index >= 15 is 0 Å². The third-order valence-corrected chi connectivity index (χ3v) is 2.96. The van der Waals surface area contributed by atoms with Crippen molar-refractivity contribution in [2.24, 2.45) is 0 Å². The molecule has 0 saturated carbocycles. The molecule has 0 aliphatic carbocycles. The fourth-order valence-corrected chi connectivity index (χ4v) is 1.87. The van der Waals surface area contributed by atoms with Gasteiger partial charge in [-0.1, -0.05) is 30.3 Å². The number of ether oxygens (including phenoxy) is 1. The van der Waals surface area contributed by atoms with E-state index in [1.807, 2.05) is 30.3 Å². The Morgan fingerprint density at radius 2 is 1.76 bits per heavy atom. The zero-order valence-electron chi connectivity index (χ0n) is 11.3. The first kappa shape index (κ1) is 13.0. The molecule has 3 rings (SSSR count). The molecule has 0 aliphatic heterocycles. The lowest BCUT2D eigenvalue weighted by atomic mass is 10.1. The van der Waals surface area contributed by atoms with Crippen molar-refractivity contribution < 1.29 is 9.53 Å². The van der Waals surface area contributed by atoms with E-state index in [4.69, 9.17) is 0 Å². The number of hydrogen-bond donors (Lipinski definition) is 0. The van der Waals surface area contributed by atoms with Crippen molar-refractivity contribution in [1.82, 2.24) is 20.2 Å². The van der Waals surface area contributed by atoms with Crippen LogP contribution in [0.3, 0.4) is 0 Å². The highest BCUT2D eigenvalue weighted by Gasteiger charge is 2.09. The minimum absolute atomic E-state index is 0.373. The minimum atomic E-state index is -0.373. The Labute approximate surface area is 121 Å². The molecule has 0 aliphatic rings. The molecule has 0 bridgehead atoms. The smallest absolute Gasteiger partial charge is 0.337 e. The fraction of sp³-hybridized carbons (Fsp3) is 0.0667. The fourth-order valence-electron chi connectivity index (χ4n) is 1.87. The monoisotopic (exact) mass is 280 g/mol. The normalized spacial score (nSPS) is 10.3. The van der Waals surface area contributed by atoms with Gasteiger partial charge in [0.1, 0.15) is 0 Å². The van der Waals surface area contributed by atoms with Gasteiger partial charge in [0.25, 0.3) is 0 Å². The average Bonchev–Trinajstić information content (AvgIpc) is 3.05. The van der Waals surface area contributed by atoms with Gasteiger partial charge in [0.15, 0.2) is 0 Å². The molecule has 3 aromatic rings. The maximum absolute atomic E-state index is 11.4. The first-order valence-electron chi connectivity index (χ1n) is 6.32. The van der Waals surface area contributed by atoms with Crippen LogP contribution in [0.4, 0.5) is 0 Å². The minimum Gasteiger partial charge on any atom is -0.465 e. The summed E-state index contributed by atoms with van der Waals surface area (Å²) in [5, 5.41) is 12.4. The van der Waals surface area contributed by atoms with E-state index in [0.29, 0.717) is 11.4 Å². The third kappa shape index (κ3) is 2.64. The van der Waals surface area contributed by atoms with Gasteiger partial charge in [-0.15, -0.1) is 15.0 Å². The first-order valence-corrected chi connectivity index (χ1v) is 6.32. The molecule has 0 radical (unpaired) electrons. The summed E-state index contributed by atoms with van der Waals surface area (Å²) in [5.74, 6) is 0.123. The highest BCUT2D eigenvalue weighted by Crippen LogP contribution is 2.16. The van der Waals surface area contributed by atoms with E-state index in [1.54, 1.807) is 24.3 Å². The van der Waals surface area contributed by atoms with E-state index in [-0.39, 0.29) is 5.97 Å². The van der Waals surface area contributed by atoms with Crippen molar-refractivity contribution in [3.8, 4) is 17.1 Å². The van der Waals surface area contributed by atoms with Crippen LogP contribution in [-0.4, -0.2) is 33.3 Å². The third-order valence-electron chi connectivity index (χ3n) is 2.96. The molecular weight excluding hydrogens is 268 g/mol. The van der Waals surface area contributed by atoms with Crippen molar-refractivity contribution in [3.05, 3.63) is 60.2 Å². The maximum atomic E-state index is 11.4. The number of rotatable bonds is 3. The number of aromatic nitrogens is 4. The number of esters is 1. The zero-order valence-corrected chi connectivity index (χ0v) is 11.3. The highest BCUT2D eigenvalue weighted by molar-refractivity contribution is 5.89. The number of tetrazole rings is 1. The summed E-state index contributed by atoms with van der Waals surface area (Å²) in [6.07, 6.45) is 0. The van der Waals surface area contributed by atoms with Crippen LogP contribution < -0.4 is 0 Å². The van der Waals surface area contributed by atoms with Gasteiger partial charge in [0.05, 0.1) is 18.4 Å². The summed E-state index contributed by atoms with van der Waals surface area (Å²) in [6, 6.07) is 16.4. The van der Waals surface area contributed by atoms with Gasteiger partial charge in [-0.05, 0) is 29.5 Å². The van der Waals surface area contributed by atoms with Crippen molar-refractivity contribution in [2.75, 3.05) is 7.11 Å². The summed E-state index contributed by atoms with van der Waals surface area (Å²) in [6.45, 7) is 0. The van der Waals surface area contributed by atoms with Crippen LogP contribution >= 0.6 is 0 Å². The van der Waals surface area contributed by atoms with Crippen LogP contribution in [-0.2, 0) is 4.74 Å². The zero-order chi connectivity index (χ0) is 14.7. The van der Waals surface area contributed by atoms with Gasteiger partial charge in [0, 0.05) is 5.56 Å². The molecule has 104 valence electrons. The quantitative estimate of drug-likeness (QED) is 0.687. The van der Waals surface area contributed by atoms with Gasteiger partial charge < -0.3 is 4.74 Å². The van der Waals surface area contributed by atoms with E-state index in [9.17, 15) is 4.79 Å². The SMILES string of the molecule is COC(=O)c1ccc(-c2nnn(-c3ccccc3)n2)cc1. The molecule has 0 atom stereocenters. The summed E-state index contributed by atoms with van der Waals surface area (Å²) < 4.78 is 4.66. The van der Waals surface area contributed by atoms with Gasteiger partial charge in [-0.3, -0.25) is 0 Å². The molecule has 6 nitrogen and oxygen atoms in total. The van der Waals surface area contributed by atoms with E-state index in [0.717, 1.165) is 11.3 Å². The first-order chi connectivity index (χ1) is 10.3. The van der Waals surface area contributed by atoms with Gasteiger partial charge in [-0.25, -0.2) is 4.79 Å². The Morgan fingerprint density at radius 3 is 2.43 bits per heavy atom. The van der Waals surface area contributed by atoms with Gasteiger partial charge >= 0.3 is 5.97 Å². The molecule has 21 heavy (non-hydrogen) atoms. The van der Waals surface area contributed by atoms with Crippen LogP contribution in [0.25, 0.3) is 17.1 Å². The molecule has 0 fully saturated rings. The van der Waals surface area contributed by atoms with Crippen LogP contribution in [0.5, 0.6) is 0 Å². The standard InChI is InChI=1S/C15H12N4O2/c1-21-15(20)12-9-7-11(8-10-12)14-16-18-19(17-14)13-5-3-2-4-6-13/h2-10H,1H3. The van der Waals surface area contributed by atoms with Crippen molar-refractivity contribution in [3.63, 3.8) is 0 Å². The lowest BCUT2D eigenvalue weighted by Gasteiger charge is -1.99. The van der Waals surface area contributed by atoms with Crippen LogP contribution in [0.15, 0.2) is 54.6 Å². The number of nitrogens with zero attached hydrogens (tertiary/aromatic N) is 4. The van der Waals surface area contributed by atoms with Gasteiger partial charge in [-0.2, -0.15) is 0 Å².